The van der Waals surface area contributed by atoms with Gasteiger partial charge in [-0.3, -0.25) is 28.1 Å². The zero-order valence-corrected chi connectivity index (χ0v) is 19.8. The Morgan fingerprint density at radius 3 is 2.58 bits per heavy atom. The molecule has 0 spiro atoms. The molecule has 10 nitrogen and oxygen atoms in total. The number of fused-ring (bicyclic) bond motifs is 3. The molecule has 33 heavy (non-hydrogen) atoms. The smallest absolute Gasteiger partial charge is 0.225 e. The fraction of sp³-hybridized carbons (Fsp3) is 0.381. The molecule has 3 aromatic rings. The van der Waals surface area contributed by atoms with Crippen molar-refractivity contribution in [2.75, 3.05) is 24.6 Å². The summed E-state index contributed by atoms with van der Waals surface area (Å²) < 4.78 is 23.4. The summed E-state index contributed by atoms with van der Waals surface area (Å²) >= 11 is 6.10. The summed E-state index contributed by atoms with van der Waals surface area (Å²) in [5, 5.41) is 13.9. The van der Waals surface area contributed by atoms with Crippen molar-refractivity contribution in [2.45, 2.75) is 19.4 Å². The molecule has 2 aliphatic rings. The van der Waals surface area contributed by atoms with Crippen LogP contribution in [0.3, 0.4) is 0 Å². The summed E-state index contributed by atoms with van der Waals surface area (Å²) in [5.41, 5.74) is 2.95. The van der Waals surface area contributed by atoms with Crippen molar-refractivity contribution < 1.29 is 13.9 Å². The minimum Gasteiger partial charge on any atom is -0.339 e. The average Bonchev–Trinajstić information content (AvgIpc) is 3.30. The Balaban J connectivity index is 1.56. The predicted molar refractivity (Wildman–Crippen MR) is 126 cm³/mol. The van der Waals surface area contributed by atoms with Crippen LogP contribution in [0.25, 0.3) is 5.69 Å². The van der Waals surface area contributed by atoms with Crippen LogP contribution < -0.4 is 0 Å². The van der Waals surface area contributed by atoms with E-state index in [-0.39, 0.29) is 23.8 Å². The molecule has 0 saturated carbocycles. The summed E-state index contributed by atoms with van der Waals surface area (Å²) in [5.74, 6) is 1.54. The van der Waals surface area contributed by atoms with E-state index in [0.717, 1.165) is 11.3 Å². The SMILES string of the molecule is Cc1nnc2n1-c1cn(C)nc1C(c1ccc(Cl)cc1)=NC2CC(=O)N1CCS(O)(O)CC1. The number of aromatic nitrogens is 5. The maximum atomic E-state index is 13.2. The highest BCUT2D eigenvalue weighted by Gasteiger charge is 2.33. The lowest BCUT2D eigenvalue weighted by atomic mass is 10.1. The van der Waals surface area contributed by atoms with Gasteiger partial charge in [0.05, 0.1) is 29.3 Å². The highest BCUT2D eigenvalue weighted by atomic mass is 35.5. The third-order valence-corrected chi connectivity index (χ3v) is 7.85. The zero-order valence-electron chi connectivity index (χ0n) is 18.2. The number of hydrogen-bond donors (Lipinski definition) is 2. The van der Waals surface area contributed by atoms with Gasteiger partial charge in [-0.05, 0) is 19.1 Å². The van der Waals surface area contributed by atoms with Crippen molar-refractivity contribution in [3.8, 4) is 5.69 Å². The van der Waals surface area contributed by atoms with Crippen LogP contribution in [0, 0.1) is 6.92 Å². The second kappa shape index (κ2) is 8.24. The first kappa shape index (κ1) is 22.1. The van der Waals surface area contributed by atoms with Crippen LogP contribution in [0.2, 0.25) is 5.02 Å². The topological polar surface area (TPSA) is 122 Å². The lowest BCUT2D eigenvalue weighted by Crippen LogP contribution is -2.42. The van der Waals surface area contributed by atoms with E-state index in [2.05, 4.69) is 15.3 Å². The lowest BCUT2D eigenvalue weighted by Gasteiger charge is -2.41. The molecule has 1 atom stereocenters. The first-order valence-electron chi connectivity index (χ1n) is 10.5. The van der Waals surface area contributed by atoms with E-state index < -0.39 is 16.6 Å². The van der Waals surface area contributed by atoms with Crippen molar-refractivity contribution >= 4 is 33.8 Å². The van der Waals surface area contributed by atoms with Gasteiger partial charge < -0.3 is 4.90 Å². The number of carbonyl (C=O) groups is 1. The number of hydrogen-bond acceptors (Lipinski definition) is 7. The summed E-state index contributed by atoms with van der Waals surface area (Å²) in [6.07, 6.45) is 1.98. The molecule has 2 N–H and O–H groups in total. The predicted octanol–water partition coefficient (Wildman–Crippen LogP) is 2.84. The number of rotatable bonds is 3. The second-order valence-corrected chi connectivity index (χ2v) is 11.1. The number of benzene rings is 1. The Kier molecular flexibility index (Phi) is 5.52. The van der Waals surface area contributed by atoms with Gasteiger partial charge in [0.1, 0.15) is 17.6 Å². The first-order valence-corrected chi connectivity index (χ1v) is 12.8. The Bertz CT molecular complexity index is 1240. The van der Waals surface area contributed by atoms with Crippen LogP contribution in [-0.2, 0) is 11.8 Å². The van der Waals surface area contributed by atoms with Gasteiger partial charge in [-0.25, -0.2) is 0 Å². The number of halogens is 1. The fourth-order valence-electron chi connectivity index (χ4n) is 4.20. The van der Waals surface area contributed by atoms with Gasteiger partial charge in [0.2, 0.25) is 5.91 Å². The largest absolute Gasteiger partial charge is 0.339 e. The molecular weight excluding hydrogens is 466 g/mol. The van der Waals surface area contributed by atoms with Gasteiger partial charge >= 0.3 is 0 Å². The molecule has 174 valence electrons. The highest BCUT2D eigenvalue weighted by Crippen LogP contribution is 2.41. The molecule has 1 aromatic carbocycles. The monoisotopic (exact) mass is 489 g/mol. The van der Waals surface area contributed by atoms with Crippen molar-refractivity contribution in [1.29, 1.82) is 0 Å². The summed E-state index contributed by atoms with van der Waals surface area (Å²) in [6, 6.07) is 6.78. The van der Waals surface area contributed by atoms with Gasteiger partial charge in [-0.15, -0.1) is 10.2 Å². The molecule has 12 heteroatoms. The number of carbonyl (C=O) groups excluding carboxylic acids is 1. The highest BCUT2D eigenvalue weighted by molar-refractivity contribution is 8.24. The van der Waals surface area contributed by atoms with Crippen LogP contribution in [0.1, 0.15) is 35.4 Å². The number of nitrogens with zero attached hydrogens (tertiary/aromatic N) is 7. The number of amides is 1. The summed E-state index contributed by atoms with van der Waals surface area (Å²) in [6.45, 7) is 2.49. The zero-order chi connectivity index (χ0) is 23.3. The Morgan fingerprint density at radius 2 is 1.88 bits per heavy atom. The van der Waals surface area contributed by atoms with Crippen LogP contribution in [0.15, 0.2) is 35.5 Å². The third-order valence-electron chi connectivity index (χ3n) is 5.92. The number of aliphatic imine (C=N–C) groups is 1. The lowest BCUT2D eigenvalue weighted by molar-refractivity contribution is -0.131. The molecule has 1 unspecified atom stereocenters. The van der Waals surface area contributed by atoms with E-state index >= 15 is 0 Å². The normalized spacial score (nSPS) is 20.5. The molecule has 4 heterocycles. The third kappa shape index (κ3) is 4.17. The van der Waals surface area contributed by atoms with Gasteiger partial charge in [-0.2, -0.15) is 15.7 Å². The van der Waals surface area contributed by atoms with E-state index in [0.29, 0.717) is 41.2 Å². The van der Waals surface area contributed by atoms with E-state index in [1.54, 1.807) is 21.7 Å². The average molecular weight is 490 g/mol. The van der Waals surface area contributed by atoms with Crippen molar-refractivity contribution in [2.24, 2.45) is 12.0 Å². The Morgan fingerprint density at radius 1 is 1.18 bits per heavy atom. The molecule has 0 aliphatic carbocycles. The molecule has 0 bridgehead atoms. The van der Waals surface area contributed by atoms with Gasteiger partial charge in [0.25, 0.3) is 0 Å². The molecule has 0 radical (unpaired) electrons. The second-order valence-electron chi connectivity index (χ2n) is 8.27. The minimum atomic E-state index is -2.58. The molecule has 2 aliphatic heterocycles. The van der Waals surface area contributed by atoms with Gasteiger partial charge in [-0.1, -0.05) is 23.7 Å². The number of aryl methyl sites for hydroxylation is 2. The molecule has 1 fully saturated rings. The van der Waals surface area contributed by atoms with Gasteiger partial charge in [0, 0.05) is 36.9 Å². The van der Waals surface area contributed by atoms with E-state index in [4.69, 9.17) is 16.6 Å². The summed E-state index contributed by atoms with van der Waals surface area (Å²) in [7, 11) is -0.741. The molecule has 1 amide bonds. The Hall–Kier alpha value is -2.73. The molecular formula is C21H24ClN7O3S. The fourth-order valence-corrected chi connectivity index (χ4v) is 5.56. The first-order chi connectivity index (χ1) is 15.7. The van der Waals surface area contributed by atoms with Crippen LogP contribution in [0.4, 0.5) is 0 Å². The van der Waals surface area contributed by atoms with E-state index in [1.165, 1.54) is 0 Å². The van der Waals surface area contributed by atoms with Crippen molar-refractivity contribution in [1.82, 2.24) is 29.4 Å². The molecule has 5 rings (SSSR count). The van der Waals surface area contributed by atoms with Crippen LogP contribution in [-0.4, -0.2) is 74.8 Å². The van der Waals surface area contributed by atoms with Crippen molar-refractivity contribution in [3.05, 3.63) is 58.4 Å². The minimum absolute atomic E-state index is 0.0881. The van der Waals surface area contributed by atoms with E-state index in [9.17, 15) is 13.9 Å². The summed E-state index contributed by atoms with van der Waals surface area (Å²) in [4.78, 5) is 19.8. The maximum Gasteiger partial charge on any atom is 0.225 e. The molecule has 1 saturated heterocycles. The van der Waals surface area contributed by atoms with Crippen LogP contribution >= 0.6 is 22.2 Å². The van der Waals surface area contributed by atoms with Gasteiger partial charge in [0.15, 0.2) is 5.82 Å². The Labute approximate surface area is 197 Å². The van der Waals surface area contributed by atoms with Crippen LogP contribution in [0.5, 0.6) is 0 Å². The standard InChI is InChI=1S/C21H24ClN7O3S/c1-13-24-25-21-16(11-18(30)28-7-9-33(31,32)10-8-28)23-19(14-3-5-15(22)6-4-14)20-17(29(13)21)12-27(2)26-20/h3-6,12,16,31-32H,7-11H2,1-2H3. The quantitative estimate of drug-likeness (QED) is 0.583. The van der Waals surface area contributed by atoms with Crippen molar-refractivity contribution in [3.63, 3.8) is 0 Å². The van der Waals surface area contributed by atoms with E-state index in [1.807, 2.05) is 36.9 Å². The molecule has 2 aromatic heterocycles. The maximum absolute atomic E-state index is 13.2.